The molecule has 0 fully saturated rings. The first-order valence-corrected chi connectivity index (χ1v) is 7.35. The molecule has 114 valence electrons. The summed E-state index contributed by atoms with van der Waals surface area (Å²) in [6, 6.07) is 8.08. The van der Waals surface area contributed by atoms with Crippen LogP contribution in [0.5, 0.6) is 0 Å². The zero-order valence-corrected chi connectivity index (χ0v) is 12.8. The van der Waals surface area contributed by atoms with Crippen molar-refractivity contribution in [1.82, 2.24) is 20.1 Å². The molecule has 0 saturated heterocycles. The Labute approximate surface area is 128 Å². The number of nitrogens with one attached hydrogen (secondary N) is 2. The Morgan fingerprint density at radius 1 is 1.27 bits per heavy atom. The van der Waals surface area contributed by atoms with Gasteiger partial charge in [0, 0.05) is 25.5 Å². The van der Waals surface area contributed by atoms with Gasteiger partial charge < -0.3 is 10.6 Å². The van der Waals surface area contributed by atoms with Crippen molar-refractivity contribution < 1.29 is 4.79 Å². The zero-order valence-electron chi connectivity index (χ0n) is 12.8. The van der Waals surface area contributed by atoms with Gasteiger partial charge in [0.15, 0.2) is 5.65 Å². The average molecular weight is 297 g/mol. The summed E-state index contributed by atoms with van der Waals surface area (Å²) in [5.41, 5.74) is 3.86. The van der Waals surface area contributed by atoms with E-state index in [1.54, 1.807) is 0 Å². The van der Waals surface area contributed by atoms with Gasteiger partial charge in [-0.1, -0.05) is 18.2 Å². The summed E-state index contributed by atoms with van der Waals surface area (Å²) in [5, 5.41) is 12.8. The predicted molar refractivity (Wildman–Crippen MR) is 87.9 cm³/mol. The Morgan fingerprint density at radius 3 is 2.91 bits per heavy atom. The van der Waals surface area contributed by atoms with Crippen LogP contribution < -0.4 is 10.6 Å². The van der Waals surface area contributed by atoms with Crippen molar-refractivity contribution in [2.75, 3.05) is 18.4 Å². The highest BCUT2D eigenvalue weighted by molar-refractivity contribution is 6.07. The highest BCUT2D eigenvalue weighted by Gasteiger charge is 2.14. The first kappa shape index (κ1) is 14.3. The SMILES string of the molecule is Cc1nn(C)c2nc3ccccc3c(NCCCNC=O)c12. The molecule has 0 saturated carbocycles. The molecule has 2 N–H and O–H groups in total. The summed E-state index contributed by atoms with van der Waals surface area (Å²) < 4.78 is 1.82. The van der Waals surface area contributed by atoms with Gasteiger partial charge >= 0.3 is 0 Å². The van der Waals surface area contributed by atoms with Crippen LogP contribution in [0.25, 0.3) is 21.9 Å². The van der Waals surface area contributed by atoms with Crippen LogP contribution in [0.1, 0.15) is 12.1 Å². The number of pyridine rings is 1. The van der Waals surface area contributed by atoms with Crippen LogP contribution in [0.4, 0.5) is 5.69 Å². The summed E-state index contributed by atoms with van der Waals surface area (Å²) in [7, 11) is 1.91. The van der Waals surface area contributed by atoms with Crippen LogP contribution in [0, 0.1) is 6.92 Å². The maximum Gasteiger partial charge on any atom is 0.207 e. The quantitative estimate of drug-likeness (QED) is 0.539. The zero-order chi connectivity index (χ0) is 15.5. The highest BCUT2D eigenvalue weighted by Crippen LogP contribution is 2.32. The highest BCUT2D eigenvalue weighted by atomic mass is 16.1. The third-order valence-electron chi connectivity index (χ3n) is 3.72. The van der Waals surface area contributed by atoms with Crippen LogP contribution >= 0.6 is 0 Å². The van der Waals surface area contributed by atoms with E-state index in [2.05, 4.69) is 21.8 Å². The molecule has 0 spiro atoms. The minimum Gasteiger partial charge on any atom is -0.384 e. The average Bonchev–Trinajstić information content (AvgIpc) is 2.81. The summed E-state index contributed by atoms with van der Waals surface area (Å²) in [4.78, 5) is 15.0. The number of benzene rings is 1. The fourth-order valence-electron chi connectivity index (χ4n) is 2.74. The number of aryl methyl sites for hydroxylation is 2. The number of hydrogen-bond acceptors (Lipinski definition) is 4. The van der Waals surface area contributed by atoms with Gasteiger partial charge in [-0.05, 0) is 19.4 Å². The lowest BCUT2D eigenvalue weighted by Gasteiger charge is -2.11. The first-order chi connectivity index (χ1) is 10.7. The maximum atomic E-state index is 10.3. The van der Waals surface area contributed by atoms with Gasteiger partial charge in [-0.15, -0.1) is 0 Å². The topological polar surface area (TPSA) is 71.8 Å². The Bertz CT molecular complexity index is 824. The molecular formula is C16H19N5O. The lowest BCUT2D eigenvalue weighted by atomic mass is 10.1. The molecule has 3 aromatic rings. The van der Waals surface area contributed by atoms with Crippen LogP contribution in [0.3, 0.4) is 0 Å². The summed E-state index contributed by atoms with van der Waals surface area (Å²) >= 11 is 0. The van der Waals surface area contributed by atoms with E-state index in [1.807, 2.05) is 36.9 Å². The second-order valence-corrected chi connectivity index (χ2v) is 5.26. The molecule has 0 unspecified atom stereocenters. The number of nitrogens with zero attached hydrogens (tertiary/aromatic N) is 3. The number of fused-ring (bicyclic) bond motifs is 2. The molecule has 1 aromatic carbocycles. The normalized spacial score (nSPS) is 11.0. The summed E-state index contributed by atoms with van der Waals surface area (Å²) in [5.74, 6) is 0. The number of carbonyl (C=O) groups is 1. The van der Waals surface area contributed by atoms with Crippen molar-refractivity contribution in [3.8, 4) is 0 Å². The molecule has 0 atom stereocenters. The van der Waals surface area contributed by atoms with Crippen molar-refractivity contribution in [2.45, 2.75) is 13.3 Å². The van der Waals surface area contributed by atoms with Gasteiger partial charge in [-0.25, -0.2) is 4.98 Å². The Kier molecular flexibility index (Phi) is 3.91. The number of aromatic nitrogens is 3. The molecule has 0 aliphatic rings. The van der Waals surface area contributed by atoms with E-state index in [0.29, 0.717) is 6.54 Å². The molecule has 2 aromatic heterocycles. The number of hydrogen-bond donors (Lipinski definition) is 2. The van der Waals surface area contributed by atoms with Crippen molar-refractivity contribution >= 4 is 34.0 Å². The lowest BCUT2D eigenvalue weighted by molar-refractivity contribution is -0.109. The Hall–Kier alpha value is -2.63. The van der Waals surface area contributed by atoms with Gasteiger partial charge in [0.25, 0.3) is 0 Å². The fourth-order valence-corrected chi connectivity index (χ4v) is 2.74. The minimum atomic E-state index is 0.661. The number of rotatable bonds is 6. The van der Waals surface area contributed by atoms with E-state index in [4.69, 9.17) is 4.98 Å². The van der Waals surface area contributed by atoms with Crippen LogP contribution in [-0.4, -0.2) is 34.3 Å². The molecule has 0 bridgehead atoms. The molecular weight excluding hydrogens is 278 g/mol. The monoisotopic (exact) mass is 297 g/mol. The fraction of sp³-hybridized carbons (Fsp3) is 0.312. The predicted octanol–water partition coefficient (Wildman–Crippen LogP) is 1.98. The van der Waals surface area contributed by atoms with E-state index < -0.39 is 0 Å². The van der Waals surface area contributed by atoms with Gasteiger partial charge in [0.2, 0.25) is 6.41 Å². The number of para-hydroxylation sites is 1. The van der Waals surface area contributed by atoms with Crippen LogP contribution in [0.15, 0.2) is 24.3 Å². The molecule has 2 heterocycles. The lowest BCUT2D eigenvalue weighted by Crippen LogP contribution is -2.16. The van der Waals surface area contributed by atoms with E-state index in [0.717, 1.165) is 52.7 Å². The number of anilines is 1. The van der Waals surface area contributed by atoms with Gasteiger partial charge in [0.05, 0.1) is 22.3 Å². The second-order valence-electron chi connectivity index (χ2n) is 5.26. The Balaban J connectivity index is 2.04. The maximum absolute atomic E-state index is 10.3. The van der Waals surface area contributed by atoms with Gasteiger partial charge in [-0.3, -0.25) is 9.48 Å². The summed E-state index contributed by atoms with van der Waals surface area (Å²) in [6.07, 6.45) is 1.58. The molecule has 1 amide bonds. The molecule has 6 heteroatoms. The van der Waals surface area contributed by atoms with Gasteiger partial charge in [0.1, 0.15) is 0 Å². The minimum absolute atomic E-state index is 0.661. The molecule has 22 heavy (non-hydrogen) atoms. The third-order valence-corrected chi connectivity index (χ3v) is 3.72. The van der Waals surface area contributed by atoms with E-state index in [1.165, 1.54) is 0 Å². The first-order valence-electron chi connectivity index (χ1n) is 7.35. The van der Waals surface area contributed by atoms with Crippen LogP contribution in [-0.2, 0) is 11.8 Å². The van der Waals surface area contributed by atoms with Crippen molar-refractivity contribution in [1.29, 1.82) is 0 Å². The molecule has 3 rings (SSSR count). The van der Waals surface area contributed by atoms with Crippen molar-refractivity contribution in [3.05, 3.63) is 30.0 Å². The van der Waals surface area contributed by atoms with E-state index in [-0.39, 0.29) is 0 Å². The molecule has 0 aliphatic carbocycles. The second kappa shape index (κ2) is 6.01. The smallest absolute Gasteiger partial charge is 0.207 e. The number of carbonyl (C=O) groups excluding carboxylic acids is 1. The van der Waals surface area contributed by atoms with Crippen molar-refractivity contribution in [3.63, 3.8) is 0 Å². The summed E-state index contributed by atoms with van der Waals surface area (Å²) in [6.45, 7) is 3.44. The number of amides is 1. The largest absolute Gasteiger partial charge is 0.384 e. The van der Waals surface area contributed by atoms with E-state index >= 15 is 0 Å². The standard InChI is InChI=1S/C16H19N5O/c1-11-14-15(18-9-5-8-17-10-22)12-6-3-4-7-13(12)19-16(14)21(2)20-11/h3-4,6-7,10H,5,8-9H2,1-2H3,(H,17,22)(H,18,19). The molecule has 0 radical (unpaired) electrons. The molecule has 6 nitrogen and oxygen atoms in total. The van der Waals surface area contributed by atoms with Gasteiger partial charge in [-0.2, -0.15) is 5.10 Å². The van der Waals surface area contributed by atoms with Crippen LogP contribution in [0.2, 0.25) is 0 Å². The van der Waals surface area contributed by atoms with E-state index in [9.17, 15) is 4.79 Å². The molecule has 0 aliphatic heterocycles. The van der Waals surface area contributed by atoms with Crippen molar-refractivity contribution in [2.24, 2.45) is 7.05 Å². The Morgan fingerprint density at radius 2 is 2.09 bits per heavy atom. The third kappa shape index (κ3) is 2.47.